The number of hydrogen-bond acceptors (Lipinski definition) is 5. The molecular weight excluding hydrogens is 398 g/mol. The summed E-state index contributed by atoms with van der Waals surface area (Å²) in [4.78, 5) is 1.75. The van der Waals surface area contributed by atoms with Gasteiger partial charge in [-0.2, -0.15) is 8.42 Å². The molecule has 1 N–H and O–H groups in total. The molecule has 2 rings (SSSR count). The van der Waals surface area contributed by atoms with Crippen LogP contribution in [0.3, 0.4) is 0 Å². The molecule has 136 valence electrons. The standard InChI is InChI=1S/C16H24BrNO5S/c1-18(10-11-23-16(22-2)8-4-3-5-9-16)15-12-13(24(19,20)21)6-7-14(15)17/h6-7,12H,3-5,8-11H2,1-2H3,(H,19,20,21). The molecule has 8 heteroatoms. The molecule has 0 unspecified atom stereocenters. The van der Waals surface area contributed by atoms with Crippen LogP contribution in [0.25, 0.3) is 0 Å². The highest BCUT2D eigenvalue weighted by Gasteiger charge is 2.32. The second kappa shape index (κ2) is 8.14. The summed E-state index contributed by atoms with van der Waals surface area (Å²) in [6.07, 6.45) is 5.21. The van der Waals surface area contributed by atoms with Crippen molar-refractivity contribution in [3.8, 4) is 0 Å². The van der Waals surface area contributed by atoms with E-state index in [4.69, 9.17) is 9.47 Å². The molecule has 0 saturated heterocycles. The van der Waals surface area contributed by atoms with E-state index in [1.165, 1.54) is 18.6 Å². The number of hydrogen-bond donors (Lipinski definition) is 1. The van der Waals surface area contributed by atoms with Crippen LogP contribution in [0.5, 0.6) is 0 Å². The Kier molecular flexibility index (Phi) is 6.66. The van der Waals surface area contributed by atoms with E-state index in [1.807, 2.05) is 11.9 Å². The minimum atomic E-state index is -4.23. The van der Waals surface area contributed by atoms with Gasteiger partial charge in [0.2, 0.25) is 0 Å². The first-order valence-corrected chi connectivity index (χ1v) is 10.2. The van der Waals surface area contributed by atoms with Crippen LogP contribution in [0, 0.1) is 0 Å². The lowest BCUT2D eigenvalue weighted by molar-refractivity contribution is -0.236. The summed E-state index contributed by atoms with van der Waals surface area (Å²) in [6.45, 7) is 1.03. The van der Waals surface area contributed by atoms with E-state index < -0.39 is 15.9 Å². The first-order valence-electron chi connectivity index (χ1n) is 7.95. The van der Waals surface area contributed by atoms with Crippen molar-refractivity contribution in [2.45, 2.75) is 42.8 Å². The van der Waals surface area contributed by atoms with Gasteiger partial charge in [-0.25, -0.2) is 0 Å². The third-order valence-corrected chi connectivity index (χ3v) is 5.93. The van der Waals surface area contributed by atoms with Crippen molar-refractivity contribution in [2.24, 2.45) is 0 Å². The fourth-order valence-electron chi connectivity index (χ4n) is 2.93. The molecule has 0 aromatic heterocycles. The van der Waals surface area contributed by atoms with Crippen LogP contribution >= 0.6 is 15.9 Å². The highest BCUT2D eigenvalue weighted by Crippen LogP contribution is 2.32. The molecule has 6 nitrogen and oxygen atoms in total. The van der Waals surface area contributed by atoms with E-state index in [0.717, 1.165) is 30.2 Å². The van der Waals surface area contributed by atoms with Crippen LogP contribution in [0.15, 0.2) is 27.6 Å². The zero-order valence-corrected chi connectivity index (χ0v) is 16.4. The Morgan fingerprint density at radius 1 is 1.29 bits per heavy atom. The zero-order chi connectivity index (χ0) is 17.8. The fraction of sp³-hybridized carbons (Fsp3) is 0.625. The largest absolute Gasteiger partial charge is 0.371 e. The predicted molar refractivity (Wildman–Crippen MR) is 96.0 cm³/mol. The molecule has 1 saturated carbocycles. The summed E-state index contributed by atoms with van der Waals surface area (Å²) in [6, 6.07) is 4.40. The van der Waals surface area contributed by atoms with Crippen molar-refractivity contribution in [1.82, 2.24) is 0 Å². The Bertz CT molecular complexity index is 658. The molecule has 0 bridgehead atoms. The molecule has 0 radical (unpaired) electrons. The topological polar surface area (TPSA) is 76.1 Å². The molecule has 24 heavy (non-hydrogen) atoms. The highest BCUT2D eigenvalue weighted by molar-refractivity contribution is 9.10. The lowest BCUT2D eigenvalue weighted by atomic mass is 9.94. The van der Waals surface area contributed by atoms with E-state index in [-0.39, 0.29) is 4.90 Å². The average molecular weight is 422 g/mol. The first kappa shape index (κ1) is 19.7. The van der Waals surface area contributed by atoms with Crippen LogP contribution in [-0.2, 0) is 19.6 Å². The van der Waals surface area contributed by atoms with E-state index in [1.54, 1.807) is 13.2 Å². The van der Waals surface area contributed by atoms with Crippen LogP contribution in [0.4, 0.5) is 5.69 Å². The second-order valence-corrected chi connectivity index (χ2v) is 8.31. The van der Waals surface area contributed by atoms with Gasteiger partial charge in [0.15, 0.2) is 5.79 Å². The maximum absolute atomic E-state index is 11.3. The van der Waals surface area contributed by atoms with Gasteiger partial charge < -0.3 is 14.4 Å². The molecule has 1 aliphatic carbocycles. The maximum Gasteiger partial charge on any atom is 0.294 e. The second-order valence-electron chi connectivity index (χ2n) is 6.03. The molecule has 1 aromatic carbocycles. The van der Waals surface area contributed by atoms with E-state index >= 15 is 0 Å². The number of anilines is 1. The predicted octanol–water partition coefficient (Wildman–Crippen LogP) is 3.46. The Labute approximate surface area is 152 Å². The smallest absolute Gasteiger partial charge is 0.294 e. The third kappa shape index (κ3) is 4.92. The Balaban J connectivity index is 2.01. The van der Waals surface area contributed by atoms with Gasteiger partial charge in [-0.3, -0.25) is 4.55 Å². The third-order valence-electron chi connectivity index (χ3n) is 4.41. The molecule has 0 amide bonds. The SMILES string of the molecule is COC1(OCCN(C)c2cc(S(=O)(=O)O)ccc2Br)CCCCC1. The quantitative estimate of drug-likeness (QED) is 0.536. The van der Waals surface area contributed by atoms with E-state index in [9.17, 15) is 13.0 Å². The maximum atomic E-state index is 11.3. The molecule has 1 aliphatic rings. The number of rotatable bonds is 7. The van der Waals surface area contributed by atoms with Gasteiger partial charge in [-0.05, 0) is 47.0 Å². The van der Waals surface area contributed by atoms with Crippen molar-refractivity contribution in [3.63, 3.8) is 0 Å². The van der Waals surface area contributed by atoms with Crippen LogP contribution < -0.4 is 4.90 Å². The Morgan fingerprint density at radius 3 is 2.54 bits per heavy atom. The lowest BCUT2D eigenvalue weighted by Crippen LogP contribution is -2.39. The normalized spacial score (nSPS) is 17.7. The van der Waals surface area contributed by atoms with Gasteiger partial charge in [0, 0.05) is 38.0 Å². The van der Waals surface area contributed by atoms with Crippen molar-refractivity contribution in [3.05, 3.63) is 22.7 Å². The molecule has 0 heterocycles. The fourth-order valence-corrected chi connectivity index (χ4v) is 3.98. The number of halogens is 1. The number of nitrogens with zero attached hydrogens (tertiary/aromatic N) is 1. The van der Waals surface area contributed by atoms with Crippen molar-refractivity contribution < 1.29 is 22.4 Å². The minimum absolute atomic E-state index is 0.130. The zero-order valence-electron chi connectivity index (χ0n) is 14.0. The van der Waals surface area contributed by atoms with Gasteiger partial charge in [0.05, 0.1) is 17.2 Å². The molecule has 0 spiro atoms. The van der Waals surface area contributed by atoms with Crippen molar-refractivity contribution in [1.29, 1.82) is 0 Å². The highest BCUT2D eigenvalue weighted by atomic mass is 79.9. The molecule has 0 atom stereocenters. The van der Waals surface area contributed by atoms with Crippen molar-refractivity contribution in [2.75, 3.05) is 32.2 Å². The van der Waals surface area contributed by atoms with Crippen LogP contribution in [-0.4, -0.2) is 46.1 Å². The monoisotopic (exact) mass is 421 g/mol. The number of likely N-dealkylation sites (N-methyl/N-ethyl adjacent to an activating group) is 1. The average Bonchev–Trinajstić information content (AvgIpc) is 2.55. The minimum Gasteiger partial charge on any atom is -0.371 e. The van der Waals surface area contributed by atoms with Gasteiger partial charge in [-0.15, -0.1) is 0 Å². The Hall–Kier alpha value is -0.670. The molecule has 1 aromatic rings. The summed E-state index contributed by atoms with van der Waals surface area (Å²) >= 11 is 3.41. The van der Waals surface area contributed by atoms with E-state index in [2.05, 4.69) is 15.9 Å². The summed E-state index contributed by atoms with van der Waals surface area (Å²) in [5.74, 6) is -0.493. The van der Waals surface area contributed by atoms with Gasteiger partial charge in [0.1, 0.15) is 0 Å². The van der Waals surface area contributed by atoms with E-state index in [0.29, 0.717) is 18.8 Å². The number of methoxy groups -OCH3 is 1. The number of benzene rings is 1. The van der Waals surface area contributed by atoms with Gasteiger partial charge in [0.25, 0.3) is 10.1 Å². The molecule has 1 fully saturated rings. The van der Waals surface area contributed by atoms with Crippen molar-refractivity contribution >= 4 is 31.7 Å². The van der Waals surface area contributed by atoms with Crippen LogP contribution in [0.1, 0.15) is 32.1 Å². The Morgan fingerprint density at radius 2 is 1.96 bits per heavy atom. The molecular formula is C16H24BrNO5S. The number of ether oxygens (including phenoxy) is 2. The lowest BCUT2D eigenvalue weighted by Gasteiger charge is -2.36. The molecule has 0 aliphatic heterocycles. The summed E-state index contributed by atoms with van der Waals surface area (Å²) in [5.41, 5.74) is 0.670. The first-order chi connectivity index (χ1) is 11.3. The summed E-state index contributed by atoms with van der Waals surface area (Å²) in [5, 5.41) is 0. The summed E-state index contributed by atoms with van der Waals surface area (Å²) in [7, 11) is -0.699. The summed E-state index contributed by atoms with van der Waals surface area (Å²) < 4.78 is 44.1. The van der Waals surface area contributed by atoms with Gasteiger partial charge >= 0.3 is 0 Å². The van der Waals surface area contributed by atoms with Crippen LogP contribution in [0.2, 0.25) is 0 Å². The van der Waals surface area contributed by atoms with Gasteiger partial charge in [-0.1, -0.05) is 6.42 Å².